The first kappa shape index (κ1) is 12.8. The Morgan fingerprint density at radius 3 is 2.50 bits per heavy atom. The van der Waals surface area contributed by atoms with Crippen LogP contribution < -0.4 is 5.32 Å². The zero-order valence-corrected chi connectivity index (χ0v) is 10.8. The van der Waals surface area contributed by atoms with Gasteiger partial charge >= 0.3 is 0 Å². The minimum absolute atomic E-state index is 0.0525. The number of benzene rings is 1. The van der Waals surface area contributed by atoms with Crippen molar-refractivity contribution in [2.45, 2.75) is 40.0 Å². The zero-order chi connectivity index (χ0) is 12.3. The normalized spacial score (nSPS) is 16.7. The average molecular weight is 219 g/mol. The summed E-state index contributed by atoms with van der Waals surface area (Å²) in [7, 11) is 0. The number of amides is 1. The molecule has 0 unspecified atom stereocenters. The Kier molecular flexibility index (Phi) is 3.74. The lowest BCUT2D eigenvalue weighted by molar-refractivity contribution is 0.0929. The smallest absolute Gasteiger partial charge is 0.251 e. The summed E-state index contributed by atoms with van der Waals surface area (Å²) in [5.74, 6) is 0.0584. The van der Waals surface area contributed by atoms with Gasteiger partial charge in [-0.05, 0) is 18.6 Å². The van der Waals surface area contributed by atoms with E-state index in [4.69, 9.17) is 0 Å². The minimum Gasteiger partial charge on any atom is -0.351 e. The number of carbonyl (C=O) groups excluding carboxylic acids is 1. The van der Waals surface area contributed by atoms with E-state index >= 15 is 0 Å². The molecule has 2 rings (SSSR count). The molecule has 16 heavy (non-hydrogen) atoms. The van der Waals surface area contributed by atoms with Crippen molar-refractivity contribution in [3.63, 3.8) is 0 Å². The fraction of sp³-hybridized carbons (Fsp3) is 0.500. The number of hydrogen-bond acceptors (Lipinski definition) is 1. The summed E-state index contributed by atoms with van der Waals surface area (Å²) >= 11 is 0. The highest BCUT2D eigenvalue weighted by Gasteiger charge is 2.30. The number of rotatable bonds is 0. The van der Waals surface area contributed by atoms with E-state index in [0.29, 0.717) is 0 Å². The highest BCUT2D eigenvalue weighted by molar-refractivity contribution is 5.97. The maximum Gasteiger partial charge on any atom is 0.251 e. The summed E-state index contributed by atoms with van der Waals surface area (Å²) in [5.41, 5.74) is 3.18. The summed E-state index contributed by atoms with van der Waals surface area (Å²) in [4.78, 5) is 11.6. The van der Waals surface area contributed by atoms with Gasteiger partial charge in [0.25, 0.3) is 5.91 Å². The summed E-state index contributed by atoms with van der Waals surface area (Å²) in [6, 6.07) is 6.11. The van der Waals surface area contributed by atoms with Crippen LogP contribution in [0.1, 0.15) is 49.2 Å². The van der Waals surface area contributed by atoms with Crippen molar-refractivity contribution >= 4 is 5.91 Å². The highest BCUT2D eigenvalue weighted by atomic mass is 16.1. The van der Waals surface area contributed by atoms with Gasteiger partial charge in [0.05, 0.1) is 0 Å². The van der Waals surface area contributed by atoms with Crippen molar-refractivity contribution < 1.29 is 4.79 Å². The van der Waals surface area contributed by atoms with Gasteiger partial charge < -0.3 is 5.32 Å². The van der Waals surface area contributed by atoms with E-state index in [1.54, 1.807) is 0 Å². The van der Waals surface area contributed by atoms with Gasteiger partial charge in [0, 0.05) is 17.5 Å². The SMILES string of the molecule is CC.Cc1ccc2c(c1)C(=O)NCC2(C)C. The minimum atomic E-state index is 0.0525. The Labute approximate surface area is 98.1 Å². The first-order chi connectivity index (χ1) is 7.50. The number of hydrogen-bond donors (Lipinski definition) is 1. The molecule has 0 bridgehead atoms. The summed E-state index contributed by atoms with van der Waals surface area (Å²) in [6.45, 7) is 11.0. The number of aryl methyl sites for hydroxylation is 1. The summed E-state index contributed by atoms with van der Waals surface area (Å²) < 4.78 is 0. The second-order valence-electron chi connectivity index (χ2n) is 4.62. The van der Waals surface area contributed by atoms with Crippen LogP contribution in [0.5, 0.6) is 0 Å². The van der Waals surface area contributed by atoms with Crippen molar-refractivity contribution in [1.82, 2.24) is 5.32 Å². The van der Waals surface area contributed by atoms with Crippen molar-refractivity contribution in [3.05, 3.63) is 34.9 Å². The maximum atomic E-state index is 11.6. The Morgan fingerprint density at radius 1 is 1.25 bits per heavy atom. The average Bonchev–Trinajstić information content (AvgIpc) is 2.27. The van der Waals surface area contributed by atoms with Crippen LogP contribution in [0.3, 0.4) is 0 Å². The van der Waals surface area contributed by atoms with Gasteiger partial charge in [-0.1, -0.05) is 45.4 Å². The monoisotopic (exact) mass is 219 g/mol. The van der Waals surface area contributed by atoms with Crippen LogP contribution in [0, 0.1) is 6.92 Å². The van der Waals surface area contributed by atoms with E-state index in [1.165, 1.54) is 0 Å². The lowest BCUT2D eigenvalue weighted by Crippen LogP contribution is -2.43. The van der Waals surface area contributed by atoms with Gasteiger partial charge in [-0.2, -0.15) is 0 Å². The third-order valence-corrected chi connectivity index (χ3v) is 2.84. The molecule has 88 valence electrons. The second kappa shape index (κ2) is 4.69. The molecule has 1 aliphatic heterocycles. The second-order valence-corrected chi connectivity index (χ2v) is 4.62. The van der Waals surface area contributed by atoms with Crippen LogP contribution in [-0.4, -0.2) is 12.5 Å². The zero-order valence-electron chi connectivity index (χ0n) is 10.8. The standard InChI is InChI=1S/C12H15NO.C2H6/c1-8-4-5-10-9(6-8)11(14)13-7-12(10,2)3;1-2/h4-6H,7H2,1-3H3,(H,13,14);1-2H3. The quantitative estimate of drug-likeness (QED) is 0.714. The molecule has 2 heteroatoms. The molecule has 1 aromatic rings. The molecule has 0 radical (unpaired) electrons. The summed E-state index contributed by atoms with van der Waals surface area (Å²) in [6.07, 6.45) is 0. The van der Waals surface area contributed by atoms with Gasteiger partial charge in [0.15, 0.2) is 0 Å². The van der Waals surface area contributed by atoms with Crippen LogP contribution in [0.15, 0.2) is 18.2 Å². The molecule has 0 fully saturated rings. The molecule has 0 spiro atoms. The predicted octanol–water partition coefficient (Wildman–Crippen LogP) is 3.04. The Balaban J connectivity index is 0.000000606. The van der Waals surface area contributed by atoms with Crippen molar-refractivity contribution in [2.75, 3.05) is 6.54 Å². The van der Waals surface area contributed by atoms with Gasteiger partial charge in [-0.3, -0.25) is 4.79 Å². The highest BCUT2D eigenvalue weighted by Crippen LogP contribution is 2.29. The lowest BCUT2D eigenvalue weighted by atomic mass is 9.78. The molecule has 1 aromatic carbocycles. The topological polar surface area (TPSA) is 29.1 Å². The largest absolute Gasteiger partial charge is 0.351 e. The molecule has 0 saturated heterocycles. The van der Waals surface area contributed by atoms with Crippen LogP contribution >= 0.6 is 0 Å². The molecule has 0 atom stereocenters. The Bertz CT molecular complexity index is 394. The third kappa shape index (κ3) is 2.26. The molecular weight excluding hydrogens is 198 g/mol. The molecule has 0 saturated carbocycles. The lowest BCUT2D eigenvalue weighted by Gasteiger charge is -2.32. The van der Waals surface area contributed by atoms with Gasteiger partial charge in [-0.25, -0.2) is 0 Å². The van der Waals surface area contributed by atoms with Crippen LogP contribution in [0.25, 0.3) is 0 Å². The fourth-order valence-electron chi connectivity index (χ4n) is 1.93. The predicted molar refractivity (Wildman–Crippen MR) is 67.9 cm³/mol. The number of carbonyl (C=O) groups is 1. The Morgan fingerprint density at radius 2 is 1.88 bits per heavy atom. The van der Waals surface area contributed by atoms with E-state index in [1.807, 2.05) is 26.8 Å². The van der Waals surface area contributed by atoms with Crippen molar-refractivity contribution in [2.24, 2.45) is 0 Å². The van der Waals surface area contributed by atoms with Crippen LogP contribution in [0.2, 0.25) is 0 Å². The van der Waals surface area contributed by atoms with E-state index < -0.39 is 0 Å². The van der Waals surface area contributed by atoms with E-state index in [0.717, 1.165) is 23.2 Å². The molecule has 0 aliphatic carbocycles. The number of nitrogens with one attached hydrogen (secondary N) is 1. The molecular formula is C14H21NO. The Hall–Kier alpha value is -1.31. The first-order valence-electron chi connectivity index (χ1n) is 5.90. The van der Waals surface area contributed by atoms with Gasteiger partial charge in [0.1, 0.15) is 0 Å². The molecule has 1 aliphatic rings. The van der Waals surface area contributed by atoms with Crippen LogP contribution in [0.4, 0.5) is 0 Å². The van der Waals surface area contributed by atoms with Gasteiger partial charge in [-0.15, -0.1) is 0 Å². The van der Waals surface area contributed by atoms with E-state index in [2.05, 4.69) is 31.3 Å². The molecule has 1 amide bonds. The molecule has 1 heterocycles. The van der Waals surface area contributed by atoms with Gasteiger partial charge in [0.2, 0.25) is 0 Å². The van der Waals surface area contributed by atoms with Crippen molar-refractivity contribution in [1.29, 1.82) is 0 Å². The molecule has 1 N–H and O–H groups in total. The summed E-state index contributed by atoms with van der Waals surface area (Å²) in [5, 5.41) is 2.92. The first-order valence-corrected chi connectivity index (χ1v) is 5.90. The van der Waals surface area contributed by atoms with E-state index in [-0.39, 0.29) is 11.3 Å². The third-order valence-electron chi connectivity index (χ3n) is 2.84. The van der Waals surface area contributed by atoms with Crippen LogP contribution in [-0.2, 0) is 5.41 Å². The maximum absolute atomic E-state index is 11.6. The van der Waals surface area contributed by atoms with E-state index in [9.17, 15) is 4.79 Å². The molecule has 2 nitrogen and oxygen atoms in total. The fourth-order valence-corrected chi connectivity index (χ4v) is 1.93. The molecule has 0 aromatic heterocycles. The number of fused-ring (bicyclic) bond motifs is 1. The van der Waals surface area contributed by atoms with Crippen molar-refractivity contribution in [3.8, 4) is 0 Å².